The Morgan fingerprint density at radius 2 is 2.25 bits per heavy atom. The van der Waals surface area contributed by atoms with Crippen molar-refractivity contribution < 1.29 is 4.79 Å². The molecule has 0 aromatic carbocycles. The van der Waals surface area contributed by atoms with Gasteiger partial charge in [0.1, 0.15) is 5.82 Å². The number of imidazole rings is 1. The lowest BCUT2D eigenvalue weighted by Crippen LogP contribution is -1.96. The van der Waals surface area contributed by atoms with Crippen molar-refractivity contribution in [2.75, 3.05) is 5.32 Å². The standard InChI is InChI=1S/C8H13N3O/c1-5(2)7-10-6(3)8(11-7)9-4-12/h4-5H,1-3H3,(H,9,12)(H,10,11). The van der Waals surface area contributed by atoms with Gasteiger partial charge in [-0.1, -0.05) is 13.8 Å². The Morgan fingerprint density at radius 3 is 2.67 bits per heavy atom. The van der Waals surface area contributed by atoms with Crippen LogP contribution in [0.1, 0.15) is 31.3 Å². The summed E-state index contributed by atoms with van der Waals surface area (Å²) in [5.74, 6) is 1.87. The first-order valence-electron chi connectivity index (χ1n) is 3.91. The Balaban J connectivity index is 2.91. The van der Waals surface area contributed by atoms with Gasteiger partial charge in [0.2, 0.25) is 6.41 Å². The molecular formula is C8H13N3O. The Kier molecular flexibility index (Phi) is 2.47. The number of aromatic amines is 1. The first kappa shape index (κ1) is 8.77. The number of carbonyl (C=O) groups excluding carboxylic acids is 1. The van der Waals surface area contributed by atoms with Crippen molar-refractivity contribution in [2.24, 2.45) is 0 Å². The molecule has 4 nitrogen and oxygen atoms in total. The number of amides is 1. The molecule has 4 heteroatoms. The molecule has 0 spiro atoms. The Morgan fingerprint density at radius 1 is 1.58 bits per heavy atom. The lowest BCUT2D eigenvalue weighted by atomic mass is 10.2. The van der Waals surface area contributed by atoms with Crippen molar-refractivity contribution in [3.63, 3.8) is 0 Å². The zero-order chi connectivity index (χ0) is 9.14. The second-order valence-corrected chi connectivity index (χ2v) is 3.01. The average Bonchev–Trinajstić information content (AvgIpc) is 2.34. The Bertz CT molecular complexity index is 278. The zero-order valence-corrected chi connectivity index (χ0v) is 7.51. The summed E-state index contributed by atoms with van der Waals surface area (Å²) in [6.45, 7) is 5.97. The van der Waals surface area contributed by atoms with Gasteiger partial charge in [0.25, 0.3) is 0 Å². The molecule has 0 fully saturated rings. The highest BCUT2D eigenvalue weighted by Crippen LogP contribution is 2.16. The normalized spacial score (nSPS) is 10.3. The van der Waals surface area contributed by atoms with Gasteiger partial charge in [0.05, 0.1) is 5.69 Å². The monoisotopic (exact) mass is 167 g/mol. The van der Waals surface area contributed by atoms with Gasteiger partial charge in [0, 0.05) is 5.92 Å². The highest BCUT2D eigenvalue weighted by atomic mass is 16.1. The molecule has 0 saturated carbocycles. The molecule has 0 unspecified atom stereocenters. The largest absolute Gasteiger partial charge is 0.344 e. The summed E-state index contributed by atoms with van der Waals surface area (Å²) >= 11 is 0. The van der Waals surface area contributed by atoms with E-state index < -0.39 is 0 Å². The van der Waals surface area contributed by atoms with Crippen molar-refractivity contribution >= 4 is 12.2 Å². The van der Waals surface area contributed by atoms with Crippen molar-refractivity contribution in [1.82, 2.24) is 9.97 Å². The number of hydrogen-bond donors (Lipinski definition) is 2. The first-order valence-corrected chi connectivity index (χ1v) is 3.91. The van der Waals surface area contributed by atoms with Crippen LogP contribution >= 0.6 is 0 Å². The van der Waals surface area contributed by atoms with Crippen molar-refractivity contribution in [1.29, 1.82) is 0 Å². The van der Waals surface area contributed by atoms with Crippen LogP contribution < -0.4 is 5.32 Å². The molecule has 66 valence electrons. The third-order valence-electron chi connectivity index (χ3n) is 1.65. The van der Waals surface area contributed by atoms with Crippen LogP contribution in [-0.2, 0) is 4.79 Å². The molecule has 1 heterocycles. The summed E-state index contributed by atoms with van der Waals surface area (Å²) in [6, 6.07) is 0. The van der Waals surface area contributed by atoms with Crippen LogP contribution in [0.2, 0.25) is 0 Å². The summed E-state index contributed by atoms with van der Waals surface area (Å²) in [4.78, 5) is 17.4. The molecule has 0 aliphatic rings. The number of anilines is 1. The van der Waals surface area contributed by atoms with Gasteiger partial charge in [-0.05, 0) is 6.92 Å². The fourth-order valence-electron chi connectivity index (χ4n) is 0.953. The molecule has 0 radical (unpaired) electrons. The van der Waals surface area contributed by atoms with Crippen LogP contribution in [0.25, 0.3) is 0 Å². The molecular weight excluding hydrogens is 154 g/mol. The summed E-state index contributed by atoms with van der Waals surface area (Å²) < 4.78 is 0. The van der Waals surface area contributed by atoms with Crippen LogP contribution in [0.3, 0.4) is 0 Å². The van der Waals surface area contributed by atoms with E-state index in [2.05, 4.69) is 15.3 Å². The summed E-state index contributed by atoms with van der Waals surface area (Å²) in [6.07, 6.45) is 0.632. The molecule has 0 bridgehead atoms. The minimum absolute atomic E-state index is 0.353. The highest BCUT2D eigenvalue weighted by Gasteiger charge is 2.07. The van der Waals surface area contributed by atoms with Crippen LogP contribution in [-0.4, -0.2) is 16.4 Å². The maximum absolute atomic E-state index is 10.1. The van der Waals surface area contributed by atoms with E-state index in [4.69, 9.17) is 0 Å². The third-order valence-corrected chi connectivity index (χ3v) is 1.65. The smallest absolute Gasteiger partial charge is 0.212 e. The van der Waals surface area contributed by atoms with E-state index in [1.54, 1.807) is 0 Å². The van der Waals surface area contributed by atoms with Gasteiger partial charge in [-0.15, -0.1) is 0 Å². The quantitative estimate of drug-likeness (QED) is 0.669. The number of aryl methyl sites for hydroxylation is 1. The van der Waals surface area contributed by atoms with Crippen LogP contribution in [0.5, 0.6) is 0 Å². The number of rotatable bonds is 3. The van der Waals surface area contributed by atoms with Gasteiger partial charge in [-0.3, -0.25) is 4.79 Å². The first-order chi connectivity index (χ1) is 5.65. The second-order valence-electron chi connectivity index (χ2n) is 3.01. The molecule has 1 aromatic heterocycles. The van der Waals surface area contributed by atoms with E-state index in [1.165, 1.54) is 0 Å². The number of carbonyl (C=O) groups is 1. The second kappa shape index (κ2) is 3.38. The molecule has 1 aromatic rings. The van der Waals surface area contributed by atoms with Gasteiger partial charge < -0.3 is 10.3 Å². The minimum Gasteiger partial charge on any atom is -0.344 e. The predicted molar refractivity (Wildman–Crippen MR) is 47.1 cm³/mol. The Hall–Kier alpha value is -1.32. The van der Waals surface area contributed by atoms with E-state index in [0.29, 0.717) is 18.1 Å². The molecule has 2 N–H and O–H groups in total. The summed E-state index contributed by atoms with van der Waals surface area (Å²) in [5.41, 5.74) is 0.894. The van der Waals surface area contributed by atoms with Gasteiger partial charge in [0.15, 0.2) is 5.82 Å². The predicted octanol–water partition coefficient (Wildman–Crippen LogP) is 1.41. The lowest BCUT2D eigenvalue weighted by Gasteiger charge is -1.96. The van der Waals surface area contributed by atoms with Gasteiger partial charge in [-0.2, -0.15) is 0 Å². The SMILES string of the molecule is Cc1[nH]c(C(C)C)nc1NC=O. The Labute approximate surface area is 71.4 Å². The number of H-pyrrole nitrogens is 1. The van der Waals surface area contributed by atoms with E-state index in [0.717, 1.165) is 11.5 Å². The maximum atomic E-state index is 10.1. The van der Waals surface area contributed by atoms with Crippen LogP contribution in [0.15, 0.2) is 0 Å². The number of nitrogens with one attached hydrogen (secondary N) is 2. The molecule has 1 amide bonds. The number of aromatic nitrogens is 2. The van der Waals surface area contributed by atoms with Gasteiger partial charge in [-0.25, -0.2) is 4.98 Å². The zero-order valence-electron chi connectivity index (χ0n) is 7.51. The molecule has 12 heavy (non-hydrogen) atoms. The van der Waals surface area contributed by atoms with Gasteiger partial charge >= 0.3 is 0 Å². The highest BCUT2D eigenvalue weighted by molar-refractivity contribution is 5.70. The summed E-state index contributed by atoms with van der Waals surface area (Å²) in [5, 5.41) is 2.53. The third kappa shape index (κ3) is 1.64. The molecule has 0 aliphatic heterocycles. The number of hydrogen-bond acceptors (Lipinski definition) is 2. The molecule has 0 atom stereocenters. The maximum Gasteiger partial charge on any atom is 0.212 e. The average molecular weight is 167 g/mol. The van der Waals surface area contributed by atoms with Crippen molar-refractivity contribution in [3.05, 3.63) is 11.5 Å². The molecule has 0 saturated heterocycles. The van der Waals surface area contributed by atoms with Crippen LogP contribution in [0, 0.1) is 6.92 Å². The van der Waals surface area contributed by atoms with E-state index >= 15 is 0 Å². The fourth-order valence-corrected chi connectivity index (χ4v) is 0.953. The number of nitrogens with zero attached hydrogens (tertiary/aromatic N) is 1. The van der Waals surface area contributed by atoms with Crippen molar-refractivity contribution in [2.45, 2.75) is 26.7 Å². The van der Waals surface area contributed by atoms with E-state index in [-0.39, 0.29) is 0 Å². The van der Waals surface area contributed by atoms with Crippen LogP contribution in [0.4, 0.5) is 5.82 Å². The van der Waals surface area contributed by atoms with Crippen molar-refractivity contribution in [3.8, 4) is 0 Å². The summed E-state index contributed by atoms with van der Waals surface area (Å²) in [7, 11) is 0. The molecule has 0 aliphatic carbocycles. The van der Waals surface area contributed by atoms with E-state index in [1.807, 2.05) is 20.8 Å². The lowest BCUT2D eigenvalue weighted by molar-refractivity contribution is -0.105. The van der Waals surface area contributed by atoms with E-state index in [9.17, 15) is 4.79 Å². The topological polar surface area (TPSA) is 57.8 Å². The fraction of sp³-hybridized carbons (Fsp3) is 0.500. The molecule has 1 rings (SSSR count). The minimum atomic E-state index is 0.353.